The summed E-state index contributed by atoms with van der Waals surface area (Å²) in [7, 11) is 0. The number of nitrogens with zero attached hydrogens (tertiary/aromatic N) is 5. The summed E-state index contributed by atoms with van der Waals surface area (Å²) < 4.78 is 0. The molecule has 164 valence electrons. The monoisotopic (exact) mass is 449 g/mol. The van der Waals surface area contributed by atoms with Crippen LogP contribution in [0.15, 0.2) is 53.5 Å². The van der Waals surface area contributed by atoms with E-state index in [9.17, 15) is 40.5 Å². The lowest BCUT2D eigenvalue weighted by atomic mass is 10.00. The van der Waals surface area contributed by atoms with E-state index in [4.69, 9.17) is 0 Å². The maximum atomic E-state index is 11.8. The minimum absolute atomic E-state index is 0.0760. The van der Waals surface area contributed by atoms with Crippen LogP contribution in [0, 0.1) is 47.4 Å². The fraction of sp³-hybridized carbons (Fsp3) is 0.0500. The Kier molecular flexibility index (Phi) is 4.85. The van der Waals surface area contributed by atoms with E-state index in [1.807, 2.05) is 0 Å². The lowest BCUT2D eigenvalue weighted by molar-refractivity contribution is -0.394. The number of benzene rings is 3. The van der Waals surface area contributed by atoms with Crippen LogP contribution in [0.4, 0.5) is 28.4 Å². The van der Waals surface area contributed by atoms with E-state index in [1.165, 1.54) is 36.4 Å². The van der Waals surface area contributed by atoms with Crippen LogP contribution in [0.2, 0.25) is 0 Å². The Morgan fingerprint density at radius 1 is 0.667 bits per heavy atom. The molecule has 1 aliphatic carbocycles. The summed E-state index contributed by atoms with van der Waals surface area (Å²) in [5.74, 6) is 0. The fourth-order valence-electron chi connectivity index (χ4n) is 3.77. The van der Waals surface area contributed by atoms with Gasteiger partial charge in [0.15, 0.2) is 0 Å². The van der Waals surface area contributed by atoms with Gasteiger partial charge in [-0.15, -0.1) is 0 Å². The Morgan fingerprint density at radius 3 is 1.79 bits per heavy atom. The van der Waals surface area contributed by atoms with E-state index in [2.05, 4.69) is 4.99 Å². The lowest BCUT2D eigenvalue weighted by Gasteiger charge is -2.05. The molecule has 0 aromatic heterocycles. The molecule has 13 nitrogen and oxygen atoms in total. The van der Waals surface area contributed by atoms with E-state index in [-0.39, 0.29) is 39.3 Å². The van der Waals surface area contributed by atoms with Crippen molar-refractivity contribution in [2.45, 2.75) is 6.92 Å². The average molecular weight is 449 g/mol. The second-order valence-corrected chi connectivity index (χ2v) is 7.07. The Balaban J connectivity index is 2.19. The molecule has 33 heavy (non-hydrogen) atoms. The molecule has 0 bridgehead atoms. The first kappa shape index (κ1) is 21.2. The Labute approximate surface area is 183 Å². The molecule has 0 heterocycles. The van der Waals surface area contributed by atoms with Crippen LogP contribution in [0.25, 0.3) is 11.1 Å². The van der Waals surface area contributed by atoms with Gasteiger partial charge in [-0.25, -0.2) is 4.99 Å². The molecule has 3 aromatic carbocycles. The van der Waals surface area contributed by atoms with Crippen LogP contribution in [0.3, 0.4) is 0 Å². The highest BCUT2D eigenvalue weighted by atomic mass is 16.6. The molecule has 4 rings (SSSR count). The molecule has 0 saturated heterocycles. The zero-order chi connectivity index (χ0) is 24.0. The second-order valence-electron chi connectivity index (χ2n) is 7.07. The number of aryl methyl sites for hydroxylation is 1. The smallest absolute Gasteiger partial charge is 0.258 e. The van der Waals surface area contributed by atoms with Crippen molar-refractivity contribution in [3.8, 4) is 11.1 Å². The molecule has 0 atom stereocenters. The van der Waals surface area contributed by atoms with Gasteiger partial charge in [0.2, 0.25) is 0 Å². The van der Waals surface area contributed by atoms with Crippen molar-refractivity contribution in [2.24, 2.45) is 4.99 Å². The van der Waals surface area contributed by atoms with E-state index >= 15 is 0 Å². The Hall–Kier alpha value is -5.07. The van der Waals surface area contributed by atoms with Crippen LogP contribution in [0.5, 0.6) is 0 Å². The lowest BCUT2D eigenvalue weighted by Crippen LogP contribution is -2.02. The summed E-state index contributed by atoms with van der Waals surface area (Å²) in [6, 6.07) is 9.90. The number of nitro benzene ring substituents is 4. The predicted molar refractivity (Wildman–Crippen MR) is 115 cm³/mol. The standard InChI is InChI=1S/C20H11N5O8/c1-10-6-12-18(16(7-10)24(30)31)19-13(8-11(22(26)27)9-17(19)25(32)33)20(12)21-14-4-2-3-5-15(14)23(28)29/h2-9H,1H3. The molecule has 0 saturated carbocycles. The molecule has 0 amide bonds. The van der Waals surface area contributed by atoms with Gasteiger partial charge in [-0.05, 0) is 24.6 Å². The highest BCUT2D eigenvalue weighted by Crippen LogP contribution is 2.49. The third-order valence-electron chi connectivity index (χ3n) is 5.04. The third-order valence-corrected chi connectivity index (χ3v) is 5.04. The molecule has 1 aliphatic rings. The molecule has 3 aromatic rings. The van der Waals surface area contributed by atoms with Crippen molar-refractivity contribution >= 4 is 34.1 Å². The van der Waals surface area contributed by atoms with Gasteiger partial charge in [-0.2, -0.15) is 0 Å². The molecule has 0 unspecified atom stereocenters. The van der Waals surface area contributed by atoms with Crippen LogP contribution < -0.4 is 0 Å². The topological polar surface area (TPSA) is 185 Å². The summed E-state index contributed by atoms with van der Waals surface area (Å²) in [6.07, 6.45) is 0. The van der Waals surface area contributed by atoms with Crippen LogP contribution in [0.1, 0.15) is 16.7 Å². The fourth-order valence-corrected chi connectivity index (χ4v) is 3.77. The van der Waals surface area contributed by atoms with Gasteiger partial charge in [0.1, 0.15) is 5.69 Å². The van der Waals surface area contributed by atoms with Crippen molar-refractivity contribution in [3.63, 3.8) is 0 Å². The van der Waals surface area contributed by atoms with Crippen molar-refractivity contribution < 1.29 is 19.7 Å². The molecule has 0 fully saturated rings. The van der Waals surface area contributed by atoms with E-state index < -0.39 is 36.8 Å². The number of rotatable bonds is 5. The summed E-state index contributed by atoms with van der Waals surface area (Å²) in [5, 5.41) is 46.4. The number of non-ortho nitro benzene ring substituents is 1. The van der Waals surface area contributed by atoms with E-state index in [0.717, 1.165) is 12.1 Å². The zero-order valence-electron chi connectivity index (χ0n) is 16.6. The highest BCUT2D eigenvalue weighted by molar-refractivity contribution is 6.28. The summed E-state index contributed by atoms with van der Waals surface area (Å²) >= 11 is 0. The predicted octanol–water partition coefficient (Wildman–Crippen LogP) is 4.78. The minimum Gasteiger partial charge on any atom is -0.258 e. The van der Waals surface area contributed by atoms with Crippen LogP contribution in [-0.2, 0) is 0 Å². The summed E-state index contributed by atoms with van der Waals surface area (Å²) in [4.78, 5) is 47.7. The highest BCUT2D eigenvalue weighted by Gasteiger charge is 2.40. The summed E-state index contributed by atoms with van der Waals surface area (Å²) in [6.45, 7) is 1.57. The first-order valence-electron chi connectivity index (χ1n) is 9.19. The molecule has 0 N–H and O–H groups in total. The second kappa shape index (κ2) is 7.56. The van der Waals surface area contributed by atoms with Crippen LogP contribution in [-0.4, -0.2) is 25.4 Å². The van der Waals surface area contributed by atoms with Gasteiger partial charge in [0, 0.05) is 29.3 Å². The average Bonchev–Trinajstić information content (AvgIpc) is 3.05. The number of fused-ring (bicyclic) bond motifs is 3. The Morgan fingerprint density at radius 2 is 1.21 bits per heavy atom. The minimum atomic E-state index is -0.868. The number of aliphatic imine (C=N–C) groups is 1. The van der Waals surface area contributed by atoms with Gasteiger partial charge in [-0.1, -0.05) is 12.1 Å². The first-order chi connectivity index (χ1) is 15.6. The van der Waals surface area contributed by atoms with E-state index in [0.29, 0.717) is 5.56 Å². The van der Waals surface area contributed by atoms with Gasteiger partial charge in [-0.3, -0.25) is 40.5 Å². The van der Waals surface area contributed by atoms with Crippen molar-refractivity contribution in [3.05, 3.63) is 106 Å². The first-order valence-corrected chi connectivity index (χ1v) is 9.19. The van der Waals surface area contributed by atoms with Gasteiger partial charge >= 0.3 is 0 Å². The summed E-state index contributed by atoms with van der Waals surface area (Å²) in [5.41, 5.74) is -2.23. The largest absolute Gasteiger partial charge is 0.294 e. The number of hydrogen-bond donors (Lipinski definition) is 0. The third kappa shape index (κ3) is 3.42. The maximum absolute atomic E-state index is 11.8. The number of para-hydroxylation sites is 2. The van der Waals surface area contributed by atoms with Gasteiger partial charge in [0.25, 0.3) is 22.7 Å². The van der Waals surface area contributed by atoms with Crippen molar-refractivity contribution in [1.29, 1.82) is 0 Å². The maximum Gasteiger partial charge on any atom is 0.294 e. The molecular weight excluding hydrogens is 438 g/mol. The van der Waals surface area contributed by atoms with Crippen LogP contribution >= 0.6 is 0 Å². The SMILES string of the molecule is Cc1cc2c(c([N+](=O)[O-])c1)-c1c(cc([N+](=O)[O-])cc1[N+](=O)[O-])C2=Nc1ccccc1[N+](=O)[O-]. The Bertz CT molecular complexity index is 1450. The normalized spacial score (nSPS) is 12.8. The number of nitro groups is 4. The molecule has 13 heteroatoms. The van der Waals surface area contributed by atoms with Crippen molar-refractivity contribution in [2.75, 3.05) is 0 Å². The van der Waals surface area contributed by atoms with Gasteiger partial charge in [0.05, 0.1) is 42.6 Å². The van der Waals surface area contributed by atoms with Crippen molar-refractivity contribution in [1.82, 2.24) is 0 Å². The molecular formula is C20H11N5O8. The van der Waals surface area contributed by atoms with Gasteiger partial charge < -0.3 is 0 Å². The number of hydrogen-bond acceptors (Lipinski definition) is 9. The quantitative estimate of drug-likeness (QED) is 0.307. The van der Waals surface area contributed by atoms with E-state index in [1.54, 1.807) is 6.92 Å². The zero-order valence-corrected chi connectivity index (χ0v) is 16.6. The molecule has 0 radical (unpaired) electrons. The molecule has 0 aliphatic heterocycles. The molecule has 0 spiro atoms.